The van der Waals surface area contributed by atoms with E-state index in [2.05, 4.69) is 0 Å². The Morgan fingerprint density at radius 2 is 1.84 bits per heavy atom. The Hall–Kier alpha value is -2.81. The molecule has 4 rings (SSSR count). The summed E-state index contributed by atoms with van der Waals surface area (Å²) in [5, 5.41) is 10.4. The van der Waals surface area contributed by atoms with Crippen LogP contribution in [0.1, 0.15) is 44.8 Å². The summed E-state index contributed by atoms with van der Waals surface area (Å²) in [4.78, 5) is 27.5. The summed E-state index contributed by atoms with van der Waals surface area (Å²) in [6, 6.07) is 10.5. The van der Waals surface area contributed by atoms with E-state index in [-0.39, 0.29) is 17.5 Å². The Kier molecular flexibility index (Phi) is 6.04. The first-order valence-corrected chi connectivity index (χ1v) is 10.9. The van der Waals surface area contributed by atoms with Gasteiger partial charge < -0.3 is 4.42 Å². The van der Waals surface area contributed by atoms with Crippen LogP contribution in [0.3, 0.4) is 0 Å². The van der Waals surface area contributed by atoms with E-state index in [1.54, 1.807) is 43.3 Å². The lowest BCUT2D eigenvalue weighted by Crippen LogP contribution is -2.49. The maximum Gasteiger partial charge on any atom is 0.271 e. The Morgan fingerprint density at radius 3 is 2.55 bits per heavy atom. The van der Waals surface area contributed by atoms with Crippen molar-refractivity contribution in [3.05, 3.63) is 62.9 Å². The molecule has 1 aliphatic carbocycles. The van der Waals surface area contributed by atoms with Gasteiger partial charge in [0.1, 0.15) is 23.2 Å². The van der Waals surface area contributed by atoms with Crippen molar-refractivity contribution in [2.75, 3.05) is 0 Å². The van der Waals surface area contributed by atoms with Crippen molar-refractivity contribution >= 4 is 41.1 Å². The first-order chi connectivity index (χ1) is 14.9. The number of nitrogens with zero attached hydrogens (tertiary/aromatic N) is 2. The number of benzene rings is 1. The van der Waals surface area contributed by atoms with E-state index >= 15 is 0 Å². The van der Waals surface area contributed by atoms with Gasteiger partial charge in [-0.15, -0.1) is 0 Å². The van der Waals surface area contributed by atoms with Gasteiger partial charge in [0, 0.05) is 17.2 Å². The summed E-state index contributed by atoms with van der Waals surface area (Å²) >= 11 is 12.4. The van der Waals surface area contributed by atoms with Crippen LogP contribution in [0, 0.1) is 11.3 Å². The van der Waals surface area contributed by atoms with Gasteiger partial charge in [0.05, 0.1) is 10.0 Å². The molecule has 31 heavy (non-hydrogen) atoms. The number of halogens is 2. The van der Waals surface area contributed by atoms with Crippen molar-refractivity contribution in [1.29, 1.82) is 5.26 Å². The van der Waals surface area contributed by atoms with Crippen molar-refractivity contribution < 1.29 is 14.0 Å². The van der Waals surface area contributed by atoms with Crippen LogP contribution in [0.5, 0.6) is 0 Å². The Balaban J connectivity index is 1.74. The highest BCUT2D eigenvalue weighted by Gasteiger charge is 2.40. The molecule has 2 aliphatic rings. The van der Waals surface area contributed by atoms with Crippen LogP contribution in [0.4, 0.5) is 0 Å². The maximum absolute atomic E-state index is 13.3. The SMILES string of the molecule is CC1=C(C#N)C(=O)N(C2CCCCC2)C(=O)/C1=C/c1ccc(-c2cccc(Cl)c2Cl)o1. The highest BCUT2D eigenvalue weighted by molar-refractivity contribution is 6.43. The third-order valence-electron chi connectivity index (χ3n) is 5.84. The standard InChI is InChI=1S/C24H20Cl2N2O3/c1-14-18(12-16-10-11-21(31-16)17-8-5-9-20(25)22(17)26)23(29)28(24(30)19(14)13-27)15-6-3-2-4-7-15/h5,8-12,15H,2-4,6-7H2,1H3/b18-12+. The van der Waals surface area contributed by atoms with E-state index in [0.717, 1.165) is 32.1 Å². The molecule has 1 aromatic carbocycles. The minimum Gasteiger partial charge on any atom is -0.457 e. The normalized spacial score (nSPS) is 19.3. The van der Waals surface area contributed by atoms with Gasteiger partial charge in [0.25, 0.3) is 11.8 Å². The predicted molar refractivity (Wildman–Crippen MR) is 119 cm³/mol. The summed E-state index contributed by atoms with van der Waals surface area (Å²) in [5.41, 5.74) is 1.29. The highest BCUT2D eigenvalue weighted by Crippen LogP contribution is 2.36. The van der Waals surface area contributed by atoms with Crippen LogP contribution in [0.25, 0.3) is 17.4 Å². The minimum absolute atomic E-state index is 0.00101. The fraction of sp³-hybridized carbons (Fsp3) is 0.292. The van der Waals surface area contributed by atoms with E-state index in [1.165, 1.54) is 4.90 Å². The number of hydrogen-bond acceptors (Lipinski definition) is 4. The van der Waals surface area contributed by atoms with Crippen LogP contribution >= 0.6 is 23.2 Å². The smallest absolute Gasteiger partial charge is 0.271 e. The Bertz CT molecular complexity index is 1160. The van der Waals surface area contributed by atoms with Crippen molar-refractivity contribution in [1.82, 2.24) is 4.90 Å². The van der Waals surface area contributed by atoms with E-state index in [1.807, 2.05) is 6.07 Å². The molecule has 2 amide bonds. The van der Waals surface area contributed by atoms with Crippen LogP contribution < -0.4 is 0 Å². The topological polar surface area (TPSA) is 74.3 Å². The van der Waals surface area contributed by atoms with Crippen molar-refractivity contribution in [2.24, 2.45) is 0 Å². The van der Waals surface area contributed by atoms with Crippen molar-refractivity contribution in [3.8, 4) is 17.4 Å². The van der Waals surface area contributed by atoms with E-state index in [9.17, 15) is 14.9 Å². The Labute approximate surface area is 190 Å². The maximum atomic E-state index is 13.3. The molecule has 0 atom stereocenters. The zero-order chi connectivity index (χ0) is 22.1. The fourth-order valence-electron chi connectivity index (χ4n) is 4.18. The summed E-state index contributed by atoms with van der Waals surface area (Å²) in [7, 11) is 0. The van der Waals surface area contributed by atoms with Crippen LogP contribution in [0.2, 0.25) is 10.0 Å². The average molecular weight is 455 g/mol. The van der Waals surface area contributed by atoms with Gasteiger partial charge in [-0.3, -0.25) is 14.5 Å². The number of carbonyl (C=O) groups excluding carboxylic acids is 2. The fourth-order valence-corrected chi connectivity index (χ4v) is 4.58. The largest absolute Gasteiger partial charge is 0.457 e. The molecule has 2 aromatic rings. The molecule has 0 spiro atoms. The van der Waals surface area contributed by atoms with Gasteiger partial charge in [-0.25, -0.2) is 0 Å². The number of furan rings is 1. The third kappa shape index (κ3) is 3.94. The second kappa shape index (κ2) is 8.74. The molecule has 0 radical (unpaired) electrons. The number of hydrogen-bond donors (Lipinski definition) is 0. The quantitative estimate of drug-likeness (QED) is 0.409. The second-order valence-electron chi connectivity index (χ2n) is 7.75. The van der Waals surface area contributed by atoms with Gasteiger partial charge >= 0.3 is 0 Å². The molecule has 1 saturated carbocycles. The summed E-state index contributed by atoms with van der Waals surface area (Å²) < 4.78 is 5.90. The van der Waals surface area contributed by atoms with Crippen LogP contribution in [-0.2, 0) is 9.59 Å². The molecule has 0 unspecified atom stereocenters. The Morgan fingerprint density at radius 1 is 1.10 bits per heavy atom. The first-order valence-electron chi connectivity index (χ1n) is 10.2. The number of rotatable bonds is 3. The van der Waals surface area contributed by atoms with E-state index < -0.39 is 5.91 Å². The number of amides is 2. The molecule has 2 heterocycles. The molecule has 1 aromatic heterocycles. The first kappa shape index (κ1) is 21.4. The lowest BCUT2D eigenvalue weighted by molar-refractivity contribution is -0.143. The lowest BCUT2D eigenvalue weighted by Gasteiger charge is -2.36. The average Bonchev–Trinajstić information content (AvgIpc) is 3.23. The lowest BCUT2D eigenvalue weighted by atomic mass is 9.89. The van der Waals surface area contributed by atoms with Crippen LogP contribution in [0.15, 0.2) is 51.5 Å². The molecular formula is C24H20Cl2N2O3. The minimum atomic E-state index is -0.500. The summed E-state index contributed by atoms with van der Waals surface area (Å²) in [6.45, 7) is 1.62. The zero-order valence-corrected chi connectivity index (χ0v) is 18.5. The van der Waals surface area contributed by atoms with Crippen LogP contribution in [-0.4, -0.2) is 22.8 Å². The monoisotopic (exact) mass is 454 g/mol. The summed E-state index contributed by atoms with van der Waals surface area (Å²) in [5.74, 6) is 0.0426. The molecule has 158 valence electrons. The molecular weight excluding hydrogens is 435 g/mol. The molecule has 0 saturated heterocycles. The number of nitriles is 1. The molecule has 5 nitrogen and oxygen atoms in total. The van der Waals surface area contributed by atoms with Crippen molar-refractivity contribution in [2.45, 2.75) is 45.1 Å². The highest BCUT2D eigenvalue weighted by atomic mass is 35.5. The molecule has 1 fully saturated rings. The number of imide groups is 1. The van der Waals surface area contributed by atoms with Crippen molar-refractivity contribution in [3.63, 3.8) is 0 Å². The van der Waals surface area contributed by atoms with Gasteiger partial charge in [0.15, 0.2) is 0 Å². The molecule has 0 N–H and O–H groups in total. The molecule has 1 aliphatic heterocycles. The van der Waals surface area contributed by atoms with Gasteiger partial charge in [-0.1, -0.05) is 48.5 Å². The number of carbonyl (C=O) groups is 2. The summed E-state index contributed by atoms with van der Waals surface area (Å²) in [6.07, 6.45) is 6.14. The molecule has 0 bridgehead atoms. The second-order valence-corrected chi connectivity index (χ2v) is 8.53. The third-order valence-corrected chi connectivity index (χ3v) is 6.66. The predicted octanol–water partition coefficient (Wildman–Crippen LogP) is 6.18. The molecule has 7 heteroatoms. The van der Waals surface area contributed by atoms with E-state index in [0.29, 0.717) is 38.3 Å². The van der Waals surface area contributed by atoms with E-state index in [4.69, 9.17) is 27.6 Å². The van der Waals surface area contributed by atoms with Gasteiger partial charge in [0.2, 0.25) is 0 Å². The van der Waals surface area contributed by atoms with Gasteiger partial charge in [-0.05, 0) is 55.7 Å². The zero-order valence-electron chi connectivity index (χ0n) is 17.0. The van der Waals surface area contributed by atoms with Gasteiger partial charge in [-0.2, -0.15) is 5.26 Å².